The molecule has 0 radical (unpaired) electrons. The fourth-order valence-electron chi connectivity index (χ4n) is 2.56. The topological polar surface area (TPSA) is 105 Å². The van der Waals surface area contributed by atoms with Gasteiger partial charge in [0.25, 0.3) is 0 Å². The van der Waals surface area contributed by atoms with Crippen molar-refractivity contribution < 1.29 is 38.1 Å². The second kappa shape index (κ2) is 12.3. The first kappa shape index (κ1) is 27.0. The highest BCUT2D eigenvalue weighted by molar-refractivity contribution is 5.93. The second-order valence-electron chi connectivity index (χ2n) is 8.07. The Hall–Kier alpha value is -4.20. The van der Waals surface area contributed by atoms with E-state index in [1.165, 1.54) is 19.9 Å². The number of ether oxygens (including phenoxy) is 4. The van der Waals surface area contributed by atoms with Crippen molar-refractivity contribution in [3.8, 4) is 22.6 Å². The average molecular weight is 481 g/mol. The smallest absolute Gasteiger partial charge is 0.338 e. The Morgan fingerprint density at radius 3 is 1.91 bits per heavy atom. The van der Waals surface area contributed by atoms with Crippen LogP contribution in [0.15, 0.2) is 66.8 Å². The molecule has 184 valence electrons. The van der Waals surface area contributed by atoms with E-state index in [0.717, 1.165) is 0 Å². The number of hydrogen-bond acceptors (Lipinski definition) is 8. The SMILES string of the molecule is C=C(C)C(=O)OCCOC(=O)c1cc(OC(=O)C(=C)C)cc(-c2ccc(OC(=O)C(C)C)cc2)c1. The van der Waals surface area contributed by atoms with E-state index in [-0.39, 0.29) is 47.6 Å². The minimum atomic E-state index is -0.701. The van der Waals surface area contributed by atoms with Gasteiger partial charge in [0, 0.05) is 11.1 Å². The van der Waals surface area contributed by atoms with E-state index in [1.807, 2.05) is 0 Å². The quantitative estimate of drug-likeness (QED) is 0.209. The Bertz CT molecular complexity index is 1140. The monoisotopic (exact) mass is 480 g/mol. The maximum atomic E-state index is 12.6. The standard InChI is InChI=1S/C27H28O8/c1-16(2)24(28)32-11-12-33-27(31)21-13-20(14-23(15-21)35-26(30)18(5)6)19-7-9-22(10-8-19)34-25(29)17(3)4/h7-10,13-15,17H,1,5,11-12H2,2-4,6H3. The Morgan fingerprint density at radius 2 is 1.34 bits per heavy atom. The van der Waals surface area contributed by atoms with Crippen LogP contribution in [0.4, 0.5) is 0 Å². The van der Waals surface area contributed by atoms with Gasteiger partial charge in [0.1, 0.15) is 24.7 Å². The Balaban J connectivity index is 2.26. The average Bonchev–Trinajstić information content (AvgIpc) is 2.81. The molecule has 0 unspecified atom stereocenters. The number of esters is 4. The molecule has 0 saturated heterocycles. The van der Waals surface area contributed by atoms with Crippen molar-refractivity contribution >= 4 is 23.9 Å². The van der Waals surface area contributed by atoms with Crippen molar-refractivity contribution in [1.29, 1.82) is 0 Å². The van der Waals surface area contributed by atoms with E-state index in [1.54, 1.807) is 50.2 Å². The highest BCUT2D eigenvalue weighted by Crippen LogP contribution is 2.29. The van der Waals surface area contributed by atoms with E-state index < -0.39 is 17.9 Å². The molecular weight excluding hydrogens is 452 g/mol. The summed E-state index contributed by atoms with van der Waals surface area (Å²) < 4.78 is 20.7. The Labute approximate surface area is 204 Å². The van der Waals surface area contributed by atoms with Gasteiger partial charge < -0.3 is 18.9 Å². The van der Waals surface area contributed by atoms with Crippen LogP contribution in [-0.2, 0) is 23.9 Å². The molecule has 0 fully saturated rings. The summed E-state index contributed by atoms with van der Waals surface area (Å²) in [5.74, 6) is -2.07. The number of rotatable bonds is 10. The van der Waals surface area contributed by atoms with E-state index in [9.17, 15) is 19.2 Å². The summed E-state index contributed by atoms with van der Waals surface area (Å²) in [7, 11) is 0. The molecule has 0 aliphatic rings. The summed E-state index contributed by atoms with van der Waals surface area (Å²) >= 11 is 0. The van der Waals surface area contributed by atoms with Gasteiger partial charge in [0.15, 0.2) is 0 Å². The van der Waals surface area contributed by atoms with Gasteiger partial charge in [0.2, 0.25) is 0 Å². The van der Waals surface area contributed by atoms with Crippen molar-refractivity contribution in [3.05, 3.63) is 72.3 Å². The maximum absolute atomic E-state index is 12.6. The third-order valence-corrected chi connectivity index (χ3v) is 4.48. The highest BCUT2D eigenvalue weighted by Gasteiger charge is 2.16. The van der Waals surface area contributed by atoms with Crippen LogP contribution in [0.1, 0.15) is 38.1 Å². The molecule has 0 aliphatic carbocycles. The van der Waals surface area contributed by atoms with E-state index in [0.29, 0.717) is 16.9 Å². The van der Waals surface area contributed by atoms with Crippen molar-refractivity contribution in [2.45, 2.75) is 27.7 Å². The van der Waals surface area contributed by atoms with Crippen LogP contribution in [0.5, 0.6) is 11.5 Å². The lowest BCUT2D eigenvalue weighted by Gasteiger charge is -2.12. The third-order valence-electron chi connectivity index (χ3n) is 4.48. The van der Waals surface area contributed by atoms with Crippen LogP contribution in [0, 0.1) is 5.92 Å². The van der Waals surface area contributed by atoms with Crippen LogP contribution < -0.4 is 9.47 Å². The van der Waals surface area contributed by atoms with Crippen LogP contribution >= 0.6 is 0 Å². The molecule has 2 rings (SSSR count). The molecule has 0 N–H and O–H groups in total. The molecule has 0 aliphatic heterocycles. The molecule has 0 heterocycles. The minimum absolute atomic E-state index is 0.117. The lowest BCUT2D eigenvalue weighted by molar-refractivity contribution is -0.140. The molecule has 0 amide bonds. The minimum Gasteiger partial charge on any atom is -0.459 e. The van der Waals surface area contributed by atoms with Crippen LogP contribution in [0.3, 0.4) is 0 Å². The van der Waals surface area contributed by atoms with Crippen LogP contribution in [0.2, 0.25) is 0 Å². The maximum Gasteiger partial charge on any atom is 0.338 e. The van der Waals surface area contributed by atoms with Gasteiger partial charge in [-0.25, -0.2) is 14.4 Å². The molecule has 2 aromatic carbocycles. The first-order valence-electron chi connectivity index (χ1n) is 10.8. The number of carbonyl (C=O) groups is 4. The summed E-state index contributed by atoms with van der Waals surface area (Å²) in [6, 6.07) is 11.2. The summed E-state index contributed by atoms with van der Waals surface area (Å²) in [4.78, 5) is 47.9. The van der Waals surface area contributed by atoms with Crippen molar-refractivity contribution in [2.24, 2.45) is 5.92 Å². The molecule has 8 nitrogen and oxygen atoms in total. The fourth-order valence-corrected chi connectivity index (χ4v) is 2.56. The van der Waals surface area contributed by atoms with Crippen LogP contribution in [0.25, 0.3) is 11.1 Å². The van der Waals surface area contributed by atoms with Gasteiger partial charge in [-0.15, -0.1) is 0 Å². The van der Waals surface area contributed by atoms with E-state index >= 15 is 0 Å². The van der Waals surface area contributed by atoms with Crippen LogP contribution in [-0.4, -0.2) is 37.1 Å². The number of hydrogen-bond donors (Lipinski definition) is 0. The molecule has 0 atom stereocenters. The van der Waals surface area contributed by atoms with Crippen molar-refractivity contribution in [2.75, 3.05) is 13.2 Å². The molecule has 2 aromatic rings. The first-order chi connectivity index (χ1) is 16.5. The van der Waals surface area contributed by atoms with Gasteiger partial charge in [-0.1, -0.05) is 39.1 Å². The largest absolute Gasteiger partial charge is 0.459 e. The summed E-state index contributed by atoms with van der Waals surface area (Å²) in [6.07, 6.45) is 0. The normalized spacial score (nSPS) is 10.3. The van der Waals surface area contributed by atoms with E-state index in [2.05, 4.69) is 13.2 Å². The van der Waals surface area contributed by atoms with E-state index in [4.69, 9.17) is 18.9 Å². The third kappa shape index (κ3) is 8.26. The second-order valence-corrected chi connectivity index (χ2v) is 8.07. The zero-order chi connectivity index (χ0) is 26.1. The van der Waals surface area contributed by atoms with Crippen molar-refractivity contribution in [3.63, 3.8) is 0 Å². The summed E-state index contributed by atoms with van der Waals surface area (Å²) in [5.41, 5.74) is 1.77. The number of benzene rings is 2. The van der Waals surface area contributed by atoms with Crippen molar-refractivity contribution in [1.82, 2.24) is 0 Å². The van der Waals surface area contributed by atoms with Gasteiger partial charge in [-0.2, -0.15) is 0 Å². The Morgan fingerprint density at radius 1 is 0.743 bits per heavy atom. The molecular formula is C27H28O8. The van der Waals surface area contributed by atoms with Gasteiger partial charge in [0.05, 0.1) is 11.5 Å². The predicted molar refractivity (Wildman–Crippen MR) is 129 cm³/mol. The predicted octanol–water partition coefficient (Wildman–Crippen LogP) is 4.67. The zero-order valence-corrected chi connectivity index (χ0v) is 20.2. The first-order valence-corrected chi connectivity index (χ1v) is 10.8. The van der Waals surface area contributed by atoms with Gasteiger partial charge >= 0.3 is 23.9 Å². The van der Waals surface area contributed by atoms with Gasteiger partial charge in [-0.3, -0.25) is 4.79 Å². The highest BCUT2D eigenvalue weighted by atomic mass is 16.6. The Kier molecular flexibility index (Phi) is 9.52. The molecule has 0 bridgehead atoms. The summed E-state index contributed by atoms with van der Waals surface area (Å²) in [6.45, 7) is 13.2. The lowest BCUT2D eigenvalue weighted by atomic mass is 10.0. The summed E-state index contributed by atoms with van der Waals surface area (Å²) in [5, 5.41) is 0. The molecule has 0 spiro atoms. The van der Waals surface area contributed by atoms with Gasteiger partial charge in [-0.05, 0) is 55.3 Å². The molecule has 8 heteroatoms. The zero-order valence-electron chi connectivity index (χ0n) is 20.2. The fraction of sp³-hybridized carbons (Fsp3) is 0.259. The number of carbonyl (C=O) groups excluding carboxylic acids is 4. The lowest BCUT2D eigenvalue weighted by Crippen LogP contribution is -2.15. The molecule has 0 saturated carbocycles. The molecule has 0 aromatic heterocycles. The molecule has 35 heavy (non-hydrogen) atoms.